The van der Waals surface area contributed by atoms with E-state index in [1.165, 1.54) is 11.9 Å². The highest BCUT2D eigenvalue weighted by Crippen LogP contribution is 2.14. The number of nitrogens with one attached hydrogen (secondary N) is 2. The Balaban J connectivity index is 2.53. The van der Waals surface area contributed by atoms with Crippen molar-refractivity contribution < 1.29 is 18.4 Å². The number of anilines is 1. The highest BCUT2D eigenvalue weighted by atomic mass is 19.1. The van der Waals surface area contributed by atoms with Crippen LogP contribution in [0.25, 0.3) is 0 Å². The highest BCUT2D eigenvalue weighted by Gasteiger charge is 2.12. The lowest BCUT2D eigenvalue weighted by molar-refractivity contribution is -0.122. The van der Waals surface area contributed by atoms with Gasteiger partial charge in [0.05, 0.1) is 18.8 Å². The Morgan fingerprint density at radius 3 is 2.42 bits per heavy atom. The molecule has 104 valence electrons. The summed E-state index contributed by atoms with van der Waals surface area (Å²) < 4.78 is 26.0. The van der Waals surface area contributed by atoms with Crippen molar-refractivity contribution in [3.63, 3.8) is 0 Å². The maximum Gasteiger partial charge on any atom is 0.238 e. The quantitative estimate of drug-likeness (QED) is 0.823. The molecule has 1 rings (SSSR count). The van der Waals surface area contributed by atoms with E-state index in [1.54, 1.807) is 7.05 Å². The van der Waals surface area contributed by atoms with Gasteiger partial charge in [0.25, 0.3) is 0 Å². The van der Waals surface area contributed by atoms with Crippen LogP contribution in [0.5, 0.6) is 0 Å². The van der Waals surface area contributed by atoms with Crippen molar-refractivity contribution in [3.8, 4) is 0 Å². The number of hydrogen-bond donors (Lipinski definition) is 2. The summed E-state index contributed by atoms with van der Waals surface area (Å²) in [5.74, 6) is -2.28. The third-order valence-electron chi connectivity index (χ3n) is 2.31. The summed E-state index contributed by atoms with van der Waals surface area (Å²) in [5, 5.41) is 4.73. The van der Waals surface area contributed by atoms with E-state index in [2.05, 4.69) is 10.6 Å². The van der Waals surface area contributed by atoms with Gasteiger partial charge in [-0.15, -0.1) is 0 Å². The lowest BCUT2D eigenvalue weighted by Crippen LogP contribution is -2.37. The topological polar surface area (TPSA) is 61.4 Å². The lowest BCUT2D eigenvalue weighted by atomic mass is 10.3. The normalized spacial score (nSPS) is 10.4. The molecule has 0 saturated carbocycles. The van der Waals surface area contributed by atoms with E-state index in [4.69, 9.17) is 0 Å². The molecule has 0 saturated heterocycles. The molecule has 1 aromatic carbocycles. The Morgan fingerprint density at radius 1 is 1.21 bits per heavy atom. The number of hydrogen-bond acceptors (Lipinski definition) is 3. The number of rotatable bonds is 5. The first kappa shape index (κ1) is 15.0. The van der Waals surface area contributed by atoms with Gasteiger partial charge in [-0.1, -0.05) is 0 Å². The molecule has 0 aliphatic heterocycles. The van der Waals surface area contributed by atoms with Gasteiger partial charge in [0.2, 0.25) is 11.8 Å². The summed E-state index contributed by atoms with van der Waals surface area (Å²) >= 11 is 0. The monoisotopic (exact) mass is 271 g/mol. The smallest absolute Gasteiger partial charge is 0.238 e. The van der Waals surface area contributed by atoms with Crippen molar-refractivity contribution in [3.05, 3.63) is 29.8 Å². The number of halogens is 2. The Bertz CT molecular complexity index is 480. The van der Waals surface area contributed by atoms with Crippen molar-refractivity contribution >= 4 is 17.5 Å². The number of nitrogens with zero attached hydrogens (tertiary/aromatic N) is 1. The van der Waals surface area contributed by atoms with Crippen molar-refractivity contribution in [2.24, 2.45) is 0 Å². The molecule has 0 heterocycles. The van der Waals surface area contributed by atoms with Gasteiger partial charge in [0.15, 0.2) is 0 Å². The molecule has 0 atom stereocenters. The molecule has 5 nitrogen and oxygen atoms in total. The lowest BCUT2D eigenvalue weighted by Gasteiger charge is -2.15. The van der Waals surface area contributed by atoms with Crippen molar-refractivity contribution in [2.75, 3.05) is 32.5 Å². The van der Waals surface area contributed by atoms with Crippen LogP contribution in [-0.4, -0.2) is 43.9 Å². The molecule has 2 amide bonds. The second-order valence-corrected chi connectivity index (χ2v) is 4.02. The van der Waals surface area contributed by atoms with Gasteiger partial charge in [0, 0.05) is 13.1 Å². The summed E-state index contributed by atoms with van der Waals surface area (Å²) in [6, 6.07) is 2.87. The molecule has 0 unspecified atom stereocenters. The van der Waals surface area contributed by atoms with Crippen LogP contribution < -0.4 is 10.6 Å². The molecular weight excluding hydrogens is 256 g/mol. The fourth-order valence-electron chi connectivity index (χ4n) is 1.41. The molecule has 0 aromatic heterocycles. The van der Waals surface area contributed by atoms with Crippen LogP contribution in [0.1, 0.15) is 0 Å². The largest absolute Gasteiger partial charge is 0.358 e. The summed E-state index contributed by atoms with van der Waals surface area (Å²) in [6.45, 7) is -0.0277. The van der Waals surface area contributed by atoms with Gasteiger partial charge in [-0.05, 0) is 19.2 Å². The van der Waals surface area contributed by atoms with E-state index >= 15 is 0 Å². The summed E-state index contributed by atoms with van der Waals surface area (Å²) in [5.41, 5.74) is -0.0975. The van der Waals surface area contributed by atoms with Crippen LogP contribution in [0.3, 0.4) is 0 Å². The van der Waals surface area contributed by atoms with Crippen LogP contribution in [0.4, 0.5) is 14.5 Å². The molecule has 2 N–H and O–H groups in total. The molecule has 7 heteroatoms. The van der Waals surface area contributed by atoms with Crippen LogP contribution >= 0.6 is 0 Å². The fourth-order valence-corrected chi connectivity index (χ4v) is 1.41. The van der Waals surface area contributed by atoms with E-state index in [0.717, 1.165) is 12.1 Å². The average Bonchev–Trinajstić information content (AvgIpc) is 2.32. The minimum atomic E-state index is -0.845. The average molecular weight is 271 g/mol. The second-order valence-electron chi connectivity index (χ2n) is 4.02. The molecule has 19 heavy (non-hydrogen) atoms. The maximum absolute atomic E-state index is 13.3. The molecule has 0 fully saturated rings. The van der Waals surface area contributed by atoms with E-state index in [0.29, 0.717) is 6.07 Å². The SMILES string of the molecule is CNC(=O)CN(C)CC(=O)Nc1ccc(F)cc1F. The van der Waals surface area contributed by atoms with Crippen molar-refractivity contribution in [1.82, 2.24) is 10.2 Å². The predicted molar refractivity (Wildman–Crippen MR) is 66.6 cm³/mol. The molecular formula is C12H15F2N3O2. The third kappa shape index (κ3) is 5.01. The summed E-state index contributed by atoms with van der Waals surface area (Å²) in [7, 11) is 3.07. The first-order valence-corrected chi connectivity index (χ1v) is 5.56. The standard InChI is InChI=1S/C12H15F2N3O2/c1-15-11(18)6-17(2)7-12(19)16-10-4-3-8(13)5-9(10)14/h3-5H,6-7H2,1-2H3,(H,15,18)(H,16,19). The van der Waals surface area contributed by atoms with E-state index < -0.39 is 17.5 Å². The minimum absolute atomic E-state index is 0.0514. The first-order valence-electron chi connectivity index (χ1n) is 5.56. The zero-order chi connectivity index (χ0) is 14.4. The van der Waals surface area contributed by atoms with Crippen LogP contribution in [0.15, 0.2) is 18.2 Å². The van der Waals surface area contributed by atoms with Crippen molar-refractivity contribution in [2.45, 2.75) is 0 Å². The number of benzene rings is 1. The predicted octanol–water partition coefficient (Wildman–Crippen LogP) is 0.581. The number of amides is 2. The number of carbonyl (C=O) groups is 2. The maximum atomic E-state index is 13.3. The zero-order valence-corrected chi connectivity index (χ0v) is 10.7. The van der Waals surface area contributed by atoms with E-state index in [-0.39, 0.29) is 24.7 Å². The Kier molecular flexibility index (Phi) is 5.37. The van der Waals surface area contributed by atoms with Crippen LogP contribution in [0.2, 0.25) is 0 Å². The Labute approximate surface area is 109 Å². The number of likely N-dealkylation sites (N-methyl/N-ethyl adjacent to an activating group) is 2. The van der Waals surface area contributed by atoms with Gasteiger partial charge in [-0.25, -0.2) is 8.78 Å². The Morgan fingerprint density at radius 2 is 1.84 bits per heavy atom. The molecule has 0 spiro atoms. The summed E-state index contributed by atoms with van der Waals surface area (Å²) in [4.78, 5) is 24.1. The van der Waals surface area contributed by atoms with Crippen molar-refractivity contribution in [1.29, 1.82) is 0 Å². The molecule has 0 aliphatic rings. The molecule has 0 bridgehead atoms. The fraction of sp³-hybridized carbons (Fsp3) is 0.333. The molecule has 0 radical (unpaired) electrons. The Hall–Kier alpha value is -2.02. The van der Waals surface area contributed by atoms with Crippen LogP contribution in [0, 0.1) is 11.6 Å². The minimum Gasteiger partial charge on any atom is -0.358 e. The van der Waals surface area contributed by atoms with Crippen LogP contribution in [-0.2, 0) is 9.59 Å². The van der Waals surface area contributed by atoms with Gasteiger partial charge in [-0.3, -0.25) is 14.5 Å². The summed E-state index contributed by atoms with van der Waals surface area (Å²) in [6.07, 6.45) is 0. The van der Waals surface area contributed by atoms with Gasteiger partial charge >= 0.3 is 0 Å². The van der Waals surface area contributed by atoms with Gasteiger partial charge < -0.3 is 10.6 Å². The highest BCUT2D eigenvalue weighted by molar-refractivity contribution is 5.92. The van der Waals surface area contributed by atoms with Gasteiger partial charge in [-0.2, -0.15) is 0 Å². The van der Waals surface area contributed by atoms with Gasteiger partial charge in [0.1, 0.15) is 11.6 Å². The number of carbonyl (C=O) groups excluding carboxylic acids is 2. The third-order valence-corrected chi connectivity index (χ3v) is 2.31. The molecule has 1 aromatic rings. The van der Waals surface area contributed by atoms with E-state index in [9.17, 15) is 18.4 Å². The molecule has 0 aliphatic carbocycles. The van der Waals surface area contributed by atoms with E-state index in [1.807, 2.05) is 0 Å². The first-order chi connectivity index (χ1) is 8.92. The zero-order valence-electron chi connectivity index (χ0n) is 10.7. The second kappa shape index (κ2) is 6.79.